The molecule has 1 rings (SSSR count). The highest BCUT2D eigenvalue weighted by Crippen LogP contribution is 2.26. The number of carbonyl (C=O) groups excluding carboxylic acids is 1. The highest BCUT2D eigenvalue weighted by atomic mass is 35.5. The van der Waals surface area contributed by atoms with Crippen molar-refractivity contribution in [2.45, 2.75) is 13.3 Å². The van der Waals surface area contributed by atoms with Gasteiger partial charge < -0.3 is 5.32 Å². The highest BCUT2D eigenvalue weighted by Gasteiger charge is 2.07. The van der Waals surface area contributed by atoms with Gasteiger partial charge in [-0.1, -0.05) is 18.5 Å². The molecule has 0 heterocycles. The Kier molecular flexibility index (Phi) is 4.36. The Balaban J connectivity index is 2.90. The van der Waals surface area contributed by atoms with Crippen LogP contribution >= 0.6 is 11.6 Å². The first kappa shape index (κ1) is 13.8. The SMILES string of the molecule is CCC(=O)Nc1ccc(NS(C)(=O)=O)c(Cl)c1. The molecule has 0 fully saturated rings. The number of sulfonamides is 1. The minimum absolute atomic E-state index is 0.134. The molecule has 5 nitrogen and oxygen atoms in total. The molecule has 0 aliphatic rings. The van der Waals surface area contributed by atoms with Gasteiger partial charge in [0.1, 0.15) is 0 Å². The van der Waals surface area contributed by atoms with E-state index in [0.29, 0.717) is 12.1 Å². The van der Waals surface area contributed by atoms with Crippen LogP contribution in [0.5, 0.6) is 0 Å². The summed E-state index contributed by atoms with van der Waals surface area (Å²) in [4.78, 5) is 11.1. The summed E-state index contributed by atoms with van der Waals surface area (Å²) < 4.78 is 24.3. The number of benzene rings is 1. The van der Waals surface area contributed by atoms with Gasteiger partial charge in [-0.15, -0.1) is 0 Å². The predicted octanol–water partition coefficient (Wildman–Crippen LogP) is 2.06. The minimum atomic E-state index is -3.36. The molecule has 0 radical (unpaired) electrons. The number of hydrogen-bond donors (Lipinski definition) is 2. The molecule has 0 spiro atoms. The van der Waals surface area contributed by atoms with Crippen LogP contribution in [0.4, 0.5) is 11.4 Å². The summed E-state index contributed by atoms with van der Waals surface area (Å²) in [6, 6.07) is 4.56. The molecule has 7 heteroatoms. The van der Waals surface area contributed by atoms with E-state index in [4.69, 9.17) is 11.6 Å². The van der Waals surface area contributed by atoms with Gasteiger partial charge in [0.2, 0.25) is 15.9 Å². The second-order valence-corrected chi connectivity index (χ2v) is 5.63. The second-order valence-electron chi connectivity index (χ2n) is 3.47. The van der Waals surface area contributed by atoms with E-state index in [9.17, 15) is 13.2 Å². The van der Waals surface area contributed by atoms with Gasteiger partial charge >= 0.3 is 0 Å². The standard InChI is InChI=1S/C10H13ClN2O3S/c1-3-10(14)12-7-4-5-9(8(11)6-7)13-17(2,15)16/h4-6,13H,3H2,1-2H3,(H,12,14). The lowest BCUT2D eigenvalue weighted by Gasteiger charge is -2.09. The summed E-state index contributed by atoms with van der Waals surface area (Å²) in [6.07, 6.45) is 1.40. The van der Waals surface area contributed by atoms with E-state index in [2.05, 4.69) is 10.0 Å². The van der Waals surface area contributed by atoms with Crippen LogP contribution in [0.2, 0.25) is 5.02 Å². The average molecular weight is 277 g/mol. The molecule has 1 amide bonds. The third kappa shape index (κ3) is 4.62. The number of amides is 1. The Morgan fingerprint density at radius 1 is 1.41 bits per heavy atom. The maximum atomic E-state index is 11.1. The lowest BCUT2D eigenvalue weighted by atomic mass is 10.3. The monoisotopic (exact) mass is 276 g/mol. The Morgan fingerprint density at radius 2 is 2.06 bits per heavy atom. The normalized spacial score (nSPS) is 11.0. The van der Waals surface area contributed by atoms with E-state index in [1.165, 1.54) is 12.1 Å². The van der Waals surface area contributed by atoms with Gasteiger partial charge in [-0.05, 0) is 18.2 Å². The van der Waals surface area contributed by atoms with Crippen LogP contribution in [0.3, 0.4) is 0 Å². The first-order chi connectivity index (χ1) is 7.81. The first-order valence-electron chi connectivity index (χ1n) is 4.89. The zero-order chi connectivity index (χ0) is 13.1. The largest absolute Gasteiger partial charge is 0.326 e. The first-order valence-corrected chi connectivity index (χ1v) is 7.16. The van der Waals surface area contributed by atoms with Gasteiger partial charge in [0.05, 0.1) is 17.0 Å². The van der Waals surface area contributed by atoms with Crippen LogP contribution in [0.15, 0.2) is 18.2 Å². The van der Waals surface area contributed by atoms with Crippen LogP contribution < -0.4 is 10.0 Å². The maximum absolute atomic E-state index is 11.1. The Hall–Kier alpha value is -1.27. The topological polar surface area (TPSA) is 75.3 Å². The molecule has 0 bridgehead atoms. The molecule has 0 aromatic heterocycles. The lowest BCUT2D eigenvalue weighted by Crippen LogP contribution is -2.11. The van der Waals surface area contributed by atoms with Crippen molar-refractivity contribution < 1.29 is 13.2 Å². The minimum Gasteiger partial charge on any atom is -0.326 e. The van der Waals surface area contributed by atoms with Gasteiger partial charge in [-0.25, -0.2) is 8.42 Å². The van der Waals surface area contributed by atoms with Gasteiger partial charge in [0.15, 0.2) is 0 Å². The summed E-state index contributed by atoms with van der Waals surface area (Å²) in [5, 5.41) is 2.85. The van der Waals surface area contributed by atoms with Crippen molar-refractivity contribution in [3.63, 3.8) is 0 Å². The summed E-state index contributed by atoms with van der Waals surface area (Å²) >= 11 is 5.88. The molecule has 1 aromatic carbocycles. The number of halogens is 1. The van der Waals surface area contributed by atoms with Crippen molar-refractivity contribution in [2.24, 2.45) is 0 Å². The molecule has 17 heavy (non-hydrogen) atoms. The Morgan fingerprint density at radius 3 is 2.53 bits per heavy atom. The second kappa shape index (κ2) is 5.37. The van der Waals surface area contributed by atoms with Crippen LogP contribution in [0, 0.1) is 0 Å². The quantitative estimate of drug-likeness (QED) is 0.884. The maximum Gasteiger partial charge on any atom is 0.229 e. The van der Waals surface area contributed by atoms with Gasteiger partial charge in [0, 0.05) is 12.1 Å². The van der Waals surface area contributed by atoms with E-state index in [1.54, 1.807) is 13.0 Å². The van der Waals surface area contributed by atoms with Crippen LogP contribution in [-0.4, -0.2) is 20.6 Å². The third-order valence-electron chi connectivity index (χ3n) is 1.87. The predicted molar refractivity (Wildman–Crippen MR) is 68.8 cm³/mol. The number of nitrogens with one attached hydrogen (secondary N) is 2. The molecular weight excluding hydrogens is 264 g/mol. The highest BCUT2D eigenvalue weighted by molar-refractivity contribution is 7.92. The number of hydrogen-bond acceptors (Lipinski definition) is 3. The summed E-state index contributed by atoms with van der Waals surface area (Å²) in [5.41, 5.74) is 0.810. The van der Waals surface area contributed by atoms with Crippen LogP contribution in [-0.2, 0) is 14.8 Å². The van der Waals surface area contributed by atoms with E-state index < -0.39 is 10.0 Å². The fourth-order valence-electron chi connectivity index (χ4n) is 1.12. The smallest absolute Gasteiger partial charge is 0.229 e. The van der Waals surface area contributed by atoms with Crippen molar-refractivity contribution in [3.05, 3.63) is 23.2 Å². The number of anilines is 2. The van der Waals surface area contributed by atoms with Crippen LogP contribution in [0.1, 0.15) is 13.3 Å². The van der Waals surface area contributed by atoms with Crippen molar-refractivity contribution in [3.8, 4) is 0 Å². The van der Waals surface area contributed by atoms with Crippen LogP contribution in [0.25, 0.3) is 0 Å². The van der Waals surface area contributed by atoms with E-state index in [-0.39, 0.29) is 16.6 Å². The van der Waals surface area contributed by atoms with Crippen molar-refractivity contribution in [1.82, 2.24) is 0 Å². The van der Waals surface area contributed by atoms with E-state index >= 15 is 0 Å². The third-order valence-corrected chi connectivity index (χ3v) is 2.77. The Labute approximate surface area is 105 Å². The molecule has 94 valence electrons. The molecule has 0 aliphatic heterocycles. The van der Waals surface area contributed by atoms with E-state index in [0.717, 1.165) is 6.26 Å². The van der Waals surface area contributed by atoms with Gasteiger partial charge in [-0.2, -0.15) is 0 Å². The Bertz CT molecular complexity index is 528. The molecule has 0 saturated heterocycles. The zero-order valence-electron chi connectivity index (χ0n) is 9.45. The molecule has 0 unspecified atom stereocenters. The van der Waals surface area contributed by atoms with Crippen molar-refractivity contribution in [1.29, 1.82) is 0 Å². The molecule has 0 saturated carbocycles. The lowest BCUT2D eigenvalue weighted by molar-refractivity contribution is -0.115. The van der Waals surface area contributed by atoms with Crippen molar-refractivity contribution in [2.75, 3.05) is 16.3 Å². The molecule has 0 aliphatic carbocycles. The summed E-state index contributed by atoms with van der Waals surface area (Å²) in [5.74, 6) is -0.134. The summed E-state index contributed by atoms with van der Waals surface area (Å²) in [6.45, 7) is 1.73. The van der Waals surface area contributed by atoms with Gasteiger partial charge in [-0.3, -0.25) is 9.52 Å². The van der Waals surface area contributed by atoms with E-state index in [1.807, 2.05) is 0 Å². The molecule has 0 atom stereocenters. The molecule has 1 aromatic rings. The number of rotatable bonds is 4. The zero-order valence-corrected chi connectivity index (χ0v) is 11.0. The molecular formula is C10H13ClN2O3S. The fourth-order valence-corrected chi connectivity index (χ4v) is 1.99. The molecule has 2 N–H and O–H groups in total. The van der Waals surface area contributed by atoms with Gasteiger partial charge in [0.25, 0.3) is 0 Å². The fraction of sp³-hybridized carbons (Fsp3) is 0.300. The number of carbonyl (C=O) groups is 1. The average Bonchev–Trinajstić information content (AvgIpc) is 2.20. The van der Waals surface area contributed by atoms with Crippen molar-refractivity contribution >= 4 is 38.9 Å². The summed E-state index contributed by atoms with van der Waals surface area (Å²) in [7, 11) is -3.36.